The number of hydrogen-bond acceptors (Lipinski definition) is 5. The molecule has 0 fully saturated rings. The average molecular weight is 454 g/mol. The molecule has 0 radical (unpaired) electrons. The van der Waals surface area contributed by atoms with Crippen molar-refractivity contribution in [3.05, 3.63) is 93.3 Å². The van der Waals surface area contributed by atoms with E-state index in [-0.39, 0.29) is 11.1 Å². The first-order valence-electron chi connectivity index (χ1n) is 10.6. The van der Waals surface area contributed by atoms with Gasteiger partial charge in [-0.25, -0.2) is 4.98 Å². The molecule has 0 aliphatic heterocycles. The van der Waals surface area contributed by atoms with Crippen LogP contribution in [0.5, 0.6) is 5.75 Å². The number of nitrogens with one attached hydrogen (secondary N) is 1. The van der Waals surface area contributed by atoms with Crippen LogP contribution >= 0.6 is 0 Å². The molecule has 170 valence electrons. The zero-order valence-electron chi connectivity index (χ0n) is 19.3. The van der Waals surface area contributed by atoms with Crippen molar-refractivity contribution in [1.82, 2.24) is 14.3 Å². The summed E-state index contributed by atoms with van der Waals surface area (Å²) in [6, 6.07) is 17.9. The van der Waals surface area contributed by atoms with Gasteiger partial charge < -0.3 is 10.1 Å². The SMILES string of the molecule is COc1cccc(NC(=O)C(C#N)=Cc2cc(C)n(-n3c(C)nc4ccccc4c3=O)c2C)c1. The van der Waals surface area contributed by atoms with Crippen LogP contribution in [0.2, 0.25) is 0 Å². The average Bonchev–Trinajstić information content (AvgIpc) is 3.10. The summed E-state index contributed by atoms with van der Waals surface area (Å²) in [6.07, 6.45) is 1.52. The highest BCUT2D eigenvalue weighted by molar-refractivity contribution is 6.09. The van der Waals surface area contributed by atoms with Gasteiger partial charge in [-0.3, -0.25) is 14.3 Å². The molecule has 0 saturated heterocycles. The van der Waals surface area contributed by atoms with Gasteiger partial charge in [0.25, 0.3) is 11.5 Å². The zero-order valence-corrected chi connectivity index (χ0v) is 19.3. The minimum absolute atomic E-state index is 0.0659. The Hall–Kier alpha value is -4.64. The van der Waals surface area contributed by atoms with Crippen LogP contribution in [0.4, 0.5) is 5.69 Å². The minimum Gasteiger partial charge on any atom is -0.497 e. The van der Waals surface area contributed by atoms with Crippen molar-refractivity contribution in [2.75, 3.05) is 12.4 Å². The Morgan fingerprint density at radius 1 is 1.09 bits per heavy atom. The van der Waals surface area contributed by atoms with Crippen molar-refractivity contribution >= 4 is 28.6 Å². The van der Waals surface area contributed by atoms with E-state index in [0.717, 1.165) is 5.69 Å². The Kier molecular flexibility index (Phi) is 6.02. The third kappa shape index (κ3) is 4.07. The molecular weight excluding hydrogens is 430 g/mol. The molecule has 0 atom stereocenters. The number of anilines is 1. The van der Waals surface area contributed by atoms with E-state index in [1.807, 2.05) is 32.0 Å². The van der Waals surface area contributed by atoms with Gasteiger partial charge in [0.05, 0.1) is 18.0 Å². The molecule has 8 heteroatoms. The van der Waals surface area contributed by atoms with Crippen molar-refractivity contribution in [3.63, 3.8) is 0 Å². The van der Waals surface area contributed by atoms with Gasteiger partial charge in [0, 0.05) is 23.1 Å². The number of fused-ring (bicyclic) bond motifs is 1. The number of carbonyl (C=O) groups is 1. The standard InChI is InChI=1S/C26H23N5O3/c1-16-12-19(13-20(15-27)25(32)29-21-8-7-9-22(14-21)34-4)17(2)30(16)31-18(3)28-24-11-6-5-10-23(24)26(31)33/h5-14H,1-4H3,(H,29,32). The molecule has 0 aliphatic rings. The van der Waals surface area contributed by atoms with Crippen LogP contribution in [0.1, 0.15) is 22.8 Å². The molecule has 0 unspecified atom stereocenters. The number of nitrogens with zero attached hydrogens (tertiary/aromatic N) is 4. The molecule has 8 nitrogen and oxygen atoms in total. The van der Waals surface area contributed by atoms with Gasteiger partial charge >= 0.3 is 0 Å². The Labute approximate surface area is 196 Å². The molecular formula is C26H23N5O3. The first kappa shape index (κ1) is 22.6. The maximum atomic E-state index is 13.3. The number of methoxy groups -OCH3 is 1. The number of nitriles is 1. The third-order valence-electron chi connectivity index (χ3n) is 5.54. The van der Waals surface area contributed by atoms with Crippen LogP contribution in [-0.4, -0.2) is 27.4 Å². The highest BCUT2D eigenvalue weighted by Gasteiger charge is 2.17. The lowest BCUT2D eigenvalue weighted by Gasteiger charge is -2.16. The summed E-state index contributed by atoms with van der Waals surface area (Å²) < 4.78 is 8.43. The van der Waals surface area contributed by atoms with Crippen LogP contribution < -0.4 is 15.6 Å². The molecule has 0 aliphatic carbocycles. The predicted octanol–water partition coefficient (Wildman–Crippen LogP) is 3.99. The number of rotatable bonds is 5. The smallest absolute Gasteiger partial charge is 0.280 e. The van der Waals surface area contributed by atoms with Gasteiger partial charge in [0.1, 0.15) is 23.2 Å². The fourth-order valence-corrected chi connectivity index (χ4v) is 3.90. The first-order valence-corrected chi connectivity index (χ1v) is 10.6. The van der Waals surface area contributed by atoms with Gasteiger partial charge in [-0.15, -0.1) is 0 Å². The largest absolute Gasteiger partial charge is 0.497 e. The van der Waals surface area contributed by atoms with Crippen molar-refractivity contribution < 1.29 is 9.53 Å². The summed E-state index contributed by atoms with van der Waals surface area (Å²) in [5.41, 5.74) is 2.98. The third-order valence-corrected chi connectivity index (χ3v) is 5.54. The van der Waals surface area contributed by atoms with Gasteiger partial charge in [0.2, 0.25) is 0 Å². The second-order valence-electron chi connectivity index (χ2n) is 7.79. The molecule has 2 aromatic heterocycles. The molecule has 4 aromatic rings. The minimum atomic E-state index is -0.540. The lowest BCUT2D eigenvalue weighted by molar-refractivity contribution is -0.112. The summed E-state index contributed by atoms with van der Waals surface area (Å²) in [6.45, 7) is 5.45. The van der Waals surface area contributed by atoms with E-state index in [9.17, 15) is 14.9 Å². The Morgan fingerprint density at radius 3 is 2.59 bits per heavy atom. The normalized spacial score (nSPS) is 11.3. The molecule has 0 bridgehead atoms. The highest BCUT2D eigenvalue weighted by atomic mass is 16.5. The Bertz CT molecular complexity index is 1550. The molecule has 4 rings (SSSR count). The fraction of sp³-hybridized carbons (Fsp3) is 0.154. The molecule has 34 heavy (non-hydrogen) atoms. The monoisotopic (exact) mass is 453 g/mol. The first-order chi connectivity index (χ1) is 16.3. The van der Waals surface area contributed by atoms with Crippen LogP contribution in [0.3, 0.4) is 0 Å². The lowest BCUT2D eigenvalue weighted by Crippen LogP contribution is -2.30. The van der Waals surface area contributed by atoms with Crippen molar-refractivity contribution in [1.29, 1.82) is 5.26 Å². The van der Waals surface area contributed by atoms with E-state index in [4.69, 9.17) is 4.74 Å². The molecule has 0 saturated carbocycles. The lowest BCUT2D eigenvalue weighted by atomic mass is 10.1. The van der Waals surface area contributed by atoms with E-state index in [1.54, 1.807) is 54.1 Å². The molecule has 1 amide bonds. The maximum absolute atomic E-state index is 13.3. The number of aromatic nitrogens is 3. The van der Waals surface area contributed by atoms with Crippen LogP contribution in [-0.2, 0) is 4.79 Å². The van der Waals surface area contributed by atoms with Crippen LogP contribution in [0.15, 0.2) is 65.0 Å². The maximum Gasteiger partial charge on any atom is 0.280 e. The fourth-order valence-electron chi connectivity index (χ4n) is 3.90. The highest BCUT2D eigenvalue weighted by Crippen LogP contribution is 2.21. The number of amides is 1. The van der Waals surface area contributed by atoms with Gasteiger partial charge in [-0.05, 0) is 62.7 Å². The van der Waals surface area contributed by atoms with Crippen molar-refractivity contribution in [3.8, 4) is 11.8 Å². The number of para-hydroxylation sites is 1. The quantitative estimate of drug-likeness (QED) is 0.364. The Balaban J connectivity index is 1.75. The zero-order chi connectivity index (χ0) is 24.4. The van der Waals surface area contributed by atoms with Gasteiger partial charge in [0.15, 0.2) is 0 Å². The number of benzene rings is 2. The van der Waals surface area contributed by atoms with Gasteiger partial charge in [-0.2, -0.15) is 9.94 Å². The predicted molar refractivity (Wildman–Crippen MR) is 131 cm³/mol. The second kappa shape index (κ2) is 9.08. The van der Waals surface area contributed by atoms with Gasteiger partial charge in [-0.1, -0.05) is 18.2 Å². The number of aryl methyl sites for hydroxylation is 2. The van der Waals surface area contributed by atoms with E-state index in [1.165, 1.54) is 17.9 Å². The number of carbonyl (C=O) groups excluding carboxylic acids is 1. The van der Waals surface area contributed by atoms with Crippen molar-refractivity contribution in [2.45, 2.75) is 20.8 Å². The summed E-state index contributed by atoms with van der Waals surface area (Å²) >= 11 is 0. The summed E-state index contributed by atoms with van der Waals surface area (Å²) in [5.74, 6) is 0.576. The summed E-state index contributed by atoms with van der Waals surface area (Å²) in [5, 5.41) is 12.9. The van der Waals surface area contributed by atoms with E-state index < -0.39 is 5.91 Å². The summed E-state index contributed by atoms with van der Waals surface area (Å²) in [7, 11) is 1.54. The van der Waals surface area contributed by atoms with Crippen LogP contribution in [0, 0.1) is 32.1 Å². The summed E-state index contributed by atoms with van der Waals surface area (Å²) in [4.78, 5) is 30.6. The van der Waals surface area contributed by atoms with Crippen molar-refractivity contribution in [2.24, 2.45) is 0 Å². The van der Waals surface area contributed by atoms with Crippen LogP contribution in [0.25, 0.3) is 17.0 Å². The van der Waals surface area contributed by atoms with E-state index >= 15 is 0 Å². The molecule has 0 spiro atoms. The number of hydrogen-bond donors (Lipinski definition) is 1. The molecule has 2 heterocycles. The molecule has 1 N–H and O–H groups in total. The Morgan fingerprint density at radius 2 is 1.85 bits per heavy atom. The van der Waals surface area contributed by atoms with E-state index in [0.29, 0.717) is 39.4 Å². The second-order valence-corrected chi connectivity index (χ2v) is 7.79. The van der Waals surface area contributed by atoms with E-state index in [2.05, 4.69) is 10.3 Å². The topological polar surface area (TPSA) is 102 Å². The number of ether oxygens (including phenoxy) is 1. The molecule has 2 aromatic carbocycles.